The number of anilines is 3. The average Bonchev–Trinajstić information content (AvgIpc) is 3.31. The predicted molar refractivity (Wildman–Crippen MR) is 98.9 cm³/mol. The molecular weight excluding hydrogens is 321 g/mol. The van der Waals surface area contributed by atoms with E-state index in [2.05, 4.69) is 58.1 Å². The maximum absolute atomic E-state index is 4.58. The molecule has 2 unspecified atom stereocenters. The summed E-state index contributed by atoms with van der Waals surface area (Å²) in [5, 5.41) is 14.1. The molecule has 24 heavy (non-hydrogen) atoms. The van der Waals surface area contributed by atoms with Crippen molar-refractivity contribution >= 4 is 26.8 Å². The molecule has 0 amide bonds. The fourth-order valence-corrected chi connectivity index (χ4v) is 3.78. The van der Waals surface area contributed by atoms with E-state index in [1.54, 1.807) is 6.20 Å². The van der Waals surface area contributed by atoms with Gasteiger partial charge < -0.3 is 15.5 Å². The minimum Gasteiger partial charge on any atom is -0.351 e. The van der Waals surface area contributed by atoms with Gasteiger partial charge in [0.2, 0.25) is 5.95 Å². The molecule has 1 saturated heterocycles. The summed E-state index contributed by atoms with van der Waals surface area (Å²) in [5.74, 6) is 2.90. The van der Waals surface area contributed by atoms with Crippen molar-refractivity contribution in [2.75, 3.05) is 30.8 Å². The Morgan fingerprint density at radius 2 is 2.17 bits per heavy atom. The quantitative estimate of drug-likeness (QED) is 0.721. The molecular formula is C16H24N7P. The molecule has 0 bridgehead atoms. The first-order valence-corrected chi connectivity index (χ1v) is 9.20. The zero-order valence-electron chi connectivity index (χ0n) is 13.9. The third kappa shape index (κ3) is 3.68. The summed E-state index contributed by atoms with van der Waals surface area (Å²) in [4.78, 5) is 11.3. The van der Waals surface area contributed by atoms with Gasteiger partial charge in [-0.15, -0.1) is 9.24 Å². The molecule has 128 valence electrons. The van der Waals surface area contributed by atoms with Crippen molar-refractivity contribution < 1.29 is 0 Å². The topological polar surface area (TPSA) is 81.8 Å². The normalized spacial score (nSPS) is 24.8. The minimum atomic E-state index is 0.383. The number of nitrogens with one attached hydrogen (secondary N) is 3. The van der Waals surface area contributed by atoms with E-state index < -0.39 is 0 Å². The van der Waals surface area contributed by atoms with Gasteiger partial charge in [-0.3, -0.25) is 5.10 Å². The molecule has 2 aliphatic rings. The van der Waals surface area contributed by atoms with Crippen molar-refractivity contribution in [2.24, 2.45) is 0 Å². The number of aromatic nitrogens is 4. The second kappa shape index (κ2) is 6.65. The zero-order chi connectivity index (χ0) is 16.5. The number of piperidine rings is 1. The van der Waals surface area contributed by atoms with E-state index in [9.17, 15) is 0 Å². The number of H-pyrrole nitrogens is 1. The Balaban J connectivity index is 1.41. The third-order valence-corrected chi connectivity index (χ3v) is 5.38. The highest BCUT2D eigenvalue weighted by Crippen LogP contribution is 2.39. The Bertz CT molecular complexity index is 699. The molecule has 2 aromatic heterocycles. The van der Waals surface area contributed by atoms with Crippen molar-refractivity contribution in [2.45, 2.75) is 36.9 Å². The van der Waals surface area contributed by atoms with Gasteiger partial charge in [-0.05, 0) is 38.9 Å². The monoisotopic (exact) mass is 345 g/mol. The van der Waals surface area contributed by atoms with Crippen molar-refractivity contribution in [1.82, 2.24) is 25.1 Å². The van der Waals surface area contributed by atoms with Gasteiger partial charge in [0.05, 0.1) is 0 Å². The molecule has 8 heteroatoms. The van der Waals surface area contributed by atoms with Gasteiger partial charge in [-0.1, -0.05) is 0 Å². The first-order valence-electron chi connectivity index (χ1n) is 8.53. The SMILES string of the molecule is CN1CC[C@H](Nc2nccc(Nc3cc(C4CC4)[nH]n3)n2)C(P)C1. The number of likely N-dealkylation sites (tertiary alicyclic amines) is 1. The van der Waals surface area contributed by atoms with E-state index in [-0.39, 0.29) is 0 Å². The van der Waals surface area contributed by atoms with Crippen LogP contribution in [-0.2, 0) is 0 Å². The maximum Gasteiger partial charge on any atom is 0.224 e. The van der Waals surface area contributed by atoms with Gasteiger partial charge in [-0.2, -0.15) is 10.1 Å². The van der Waals surface area contributed by atoms with Crippen LogP contribution < -0.4 is 10.6 Å². The Hall–Kier alpha value is -1.72. The highest BCUT2D eigenvalue weighted by atomic mass is 31.0. The van der Waals surface area contributed by atoms with Crippen LogP contribution >= 0.6 is 9.24 Å². The average molecular weight is 345 g/mol. The first-order chi connectivity index (χ1) is 11.7. The fraction of sp³-hybridized carbons (Fsp3) is 0.562. The van der Waals surface area contributed by atoms with Gasteiger partial charge in [0.25, 0.3) is 0 Å². The largest absolute Gasteiger partial charge is 0.351 e. The van der Waals surface area contributed by atoms with Gasteiger partial charge in [0, 0.05) is 42.1 Å². The van der Waals surface area contributed by atoms with E-state index in [1.807, 2.05) is 6.07 Å². The molecule has 0 aromatic carbocycles. The lowest BCUT2D eigenvalue weighted by molar-refractivity contribution is 0.270. The van der Waals surface area contributed by atoms with Crippen LogP contribution in [0.2, 0.25) is 0 Å². The smallest absolute Gasteiger partial charge is 0.224 e. The minimum absolute atomic E-state index is 0.383. The van der Waals surface area contributed by atoms with Gasteiger partial charge in [0.15, 0.2) is 5.82 Å². The van der Waals surface area contributed by atoms with Crippen molar-refractivity contribution in [1.29, 1.82) is 0 Å². The van der Waals surface area contributed by atoms with Crippen molar-refractivity contribution in [3.05, 3.63) is 24.0 Å². The summed E-state index contributed by atoms with van der Waals surface area (Å²) in [6, 6.07) is 4.32. The van der Waals surface area contributed by atoms with Crippen LogP contribution in [0.4, 0.5) is 17.6 Å². The molecule has 3 heterocycles. The second-order valence-corrected chi connectivity index (χ2v) is 7.70. The van der Waals surface area contributed by atoms with Crippen LogP contribution in [0, 0.1) is 0 Å². The maximum atomic E-state index is 4.58. The summed E-state index contributed by atoms with van der Waals surface area (Å²) in [5.41, 5.74) is 1.71. The molecule has 2 aromatic rings. The van der Waals surface area contributed by atoms with Gasteiger partial charge in [-0.25, -0.2) is 4.98 Å². The van der Waals surface area contributed by atoms with Gasteiger partial charge >= 0.3 is 0 Å². The molecule has 0 spiro atoms. The molecule has 1 aliphatic carbocycles. The first kappa shape index (κ1) is 15.8. The molecule has 4 rings (SSSR count). The predicted octanol–water partition coefficient (Wildman–Crippen LogP) is 2.18. The van der Waals surface area contributed by atoms with E-state index in [4.69, 9.17) is 0 Å². The number of hydrogen-bond acceptors (Lipinski definition) is 6. The lowest BCUT2D eigenvalue weighted by Gasteiger charge is -2.35. The summed E-state index contributed by atoms with van der Waals surface area (Å²) in [7, 11) is 5.10. The van der Waals surface area contributed by atoms with E-state index in [1.165, 1.54) is 18.5 Å². The summed E-state index contributed by atoms with van der Waals surface area (Å²) < 4.78 is 0. The highest BCUT2D eigenvalue weighted by molar-refractivity contribution is 7.17. The van der Waals surface area contributed by atoms with E-state index in [0.717, 1.165) is 31.1 Å². The van der Waals surface area contributed by atoms with Crippen LogP contribution in [0.5, 0.6) is 0 Å². The number of nitrogens with zero attached hydrogens (tertiary/aromatic N) is 4. The fourth-order valence-electron chi connectivity index (χ4n) is 3.13. The summed E-state index contributed by atoms with van der Waals surface area (Å²) >= 11 is 0. The van der Waals surface area contributed by atoms with Crippen LogP contribution in [-0.4, -0.2) is 56.9 Å². The standard InChI is InChI=1S/C16H24N7P/c1-23-7-5-11(13(24)9-23)18-16-17-6-4-14(20-16)19-15-8-12(21-22-15)10-2-3-10/h4,6,8,10-11,13H,2-3,5,7,9,24H2,1H3,(H3,17,18,19,20,21,22)/t11-,13?/m0/s1. The molecule has 1 aliphatic heterocycles. The van der Waals surface area contributed by atoms with Crippen LogP contribution in [0.1, 0.15) is 30.9 Å². The van der Waals surface area contributed by atoms with Gasteiger partial charge in [0.1, 0.15) is 5.82 Å². The van der Waals surface area contributed by atoms with E-state index >= 15 is 0 Å². The Morgan fingerprint density at radius 3 is 2.96 bits per heavy atom. The Morgan fingerprint density at radius 1 is 1.29 bits per heavy atom. The van der Waals surface area contributed by atoms with Crippen molar-refractivity contribution in [3.8, 4) is 0 Å². The second-order valence-electron chi connectivity index (χ2n) is 6.84. The van der Waals surface area contributed by atoms with Crippen LogP contribution in [0.25, 0.3) is 0 Å². The molecule has 3 N–H and O–H groups in total. The van der Waals surface area contributed by atoms with E-state index in [0.29, 0.717) is 23.6 Å². The van der Waals surface area contributed by atoms with Crippen LogP contribution in [0.3, 0.4) is 0 Å². The lowest BCUT2D eigenvalue weighted by atomic mass is 10.1. The summed E-state index contributed by atoms with van der Waals surface area (Å²) in [6.07, 6.45) is 5.39. The molecule has 0 radical (unpaired) electrons. The molecule has 7 nitrogen and oxygen atoms in total. The zero-order valence-corrected chi connectivity index (χ0v) is 15.0. The Kier molecular flexibility index (Phi) is 4.37. The third-order valence-electron chi connectivity index (χ3n) is 4.70. The molecule has 3 atom stereocenters. The highest BCUT2D eigenvalue weighted by Gasteiger charge is 2.26. The Labute approximate surface area is 144 Å². The number of aromatic amines is 1. The van der Waals surface area contributed by atoms with Crippen LogP contribution in [0.15, 0.2) is 18.3 Å². The number of rotatable bonds is 5. The molecule has 1 saturated carbocycles. The lowest BCUT2D eigenvalue weighted by Crippen LogP contribution is -2.45. The number of hydrogen-bond donors (Lipinski definition) is 3. The molecule has 2 fully saturated rings. The van der Waals surface area contributed by atoms with Crippen molar-refractivity contribution in [3.63, 3.8) is 0 Å². The summed E-state index contributed by atoms with van der Waals surface area (Å²) in [6.45, 7) is 2.16.